The van der Waals surface area contributed by atoms with Crippen LogP contribution in [0.2, 0.25) is 0 Å². The van der Waals surface area contributed by atoms with E-state index in [1.807, 2.05) is 12.3 Å². The van der Waals surface area contributed by atoms with Crippen LogP contribution in [0.4, 0.5) is 4.39 Å². The van der Waals surface area contributed by atoms with Crippen LogP contribution in [-0.2, 0) is 6.54 Å². The summed E-state index contributed by atoms with van der Waals surface area (Å²) in [5, 5.41) is 4.16. The van der Waals surface area contributed by atoms with Crippen LogP contribution in [0.3, 0.4) is 0 Å². The van der Waals surface area contributed by atoms with E-state index in [1.165, 1.54) is 6.07 Å². The molecule has 1 aromatic heterocycles. The lowest BCUT2D eigenvalue weighted by Gasteiger charge is -2.05. The number of hydrogen-bond acceptors (Lipinski definition) is 2. The highest BCUT2D eigenvalue weighted by Crippen LogP contribution is 2.17. The standard InChI is InChI=1S/C12H12FN3.ClH/c13-10-1-2-11-9(7-10)3-6-16(11)8-12-14-4-5-15-12;/h1-3,6-7H,4-5,8H2,(H,14,15);1H. The summed E-state index contributed by atoms with van der Waals surface area (Å²) in [5.41, 5.74) is 1.04. The molecule has 0 bridgehead atoms. The van der Waals surface area contributed by atoms with Crippen molar-refractivity contribution in [3.05, 3.63) is 36.3 Å². The number of rotatable bonds is 2. The monoisotopic (exact) mass is 253 g/mol. The Hall–Kier alpha value is -1.55. The smallest absolute Gasteiger partial charge is 0.123 e. The maximum Gasteiger partial charge on any atom is 0.123 e. The zero-order valence-corrected chi connectivity index (χ0v) is 10.0. The SMILES string of the molecule is Cl.Fc1ccc2c(ccn2CC2=NCCN2)c1. The van der Waals surface area contributed by atoms with Crippen LogP contribution in [0.15, 0.2) is 35.5 Å². The van der Waals surface area contributed by atoms with Crippen molar-refractivity contribution in [3.63, 3.8) is 0 Å². The summed E-state index contributed by atoms with van der Waals surface area (Å²) < 4.78 is 15.1. The average Bonchev–Trinajstić information content (AvgIpc) is 2.89. The molecule has 0 aliphatic carbocycles. The highest BCUT2D eigenvalue weighted by molar-refractivity contribution is 5.86. The van der Waals surface area contributed by atoms with Crippen molar-refractivity contribution in [1.29, 1.82) is 0 Å². The second kappa shape index (κ2) is 4.75. The molecule has 2 aromatic rings. The molecule has 2 heterocycles. The fourth-order valence-corrected chi connectivity index (χ4v) is 2.02. The van der Waals surface area contributed by atoms with Gasteiger partial charge in [-0.1, -0.05) is 0 Å². The van der Waals surface area contributed by atoms with Gasteiger partial charge in [-0.2, -0.15) is 0 Å². The quantitative estimate of drug-likeness (QED) is 0.874. The second-order valence-corrected chi connectivity index (χ2v) is 3.90. The predicted molar refractivity (Wildman–Crippen MR) is 69.4 cm³/mol. The fraction of sp³-hybridized carbons (Fsp3) is 0.250. The first-order valence-corrected chi connectivity index (χ1v) is 5.34. The number of fused-ring (bicyclic) bond motifs is 1. The molecule has 0 spiro atoms. The third-order valence-corrected chi connectivity index (χ3v) is 2.80. The van der Waals surface area contributed by atoms with Crippen molar-refractivity contribution in [1.82, 2.24) is 9.88 Å². The van der Waals surface area contributed by atoms with Crippen molar-refractivity contribution < 1.29 is 4.39 Å². The van der Waals surface area contributed by atoms with Crippen molar-refractivity contribution in [2.45, 2.75) is 6.54 Å². The number of aliphatic imine (C=N–C) groups is 1. The first-order valence-electron chi connectivity index (χ1n) is 5.34. The Morgan fingerprint density at radius 1 is 1.35 bits per heavy atom. The van der Waals surface area contributed by atoms with Crippen molar-refractivity contribution >= 4 is 29.1 Å². The van der Waals surface area contributed by atoms with Gasteiger partial charge in [0.15, 0.2) is 0 Å². The van der Waals surface area contributed by atoms with Crippen molar-refractivity contribution in [2.24, 2.45) is 4.99 Å². The Morgan fingerprint density at radius 3 is 3.00 bits per heavy atom. The zero-order chi connectivity index (χ0) is 11.0. The van der Waals surface area contributed by atoms with E-state index in [2.05, 4.69) is 14.9 Å². The molecule has 1 N–H and O–H groups in total. The molecule has 0 radical (unpaired) electrons. The summed E-state index contributed by atoms with van der Waals surface area (Å²) in [6, 6.07) is 6.77. The van der Waals surface area contributed by atoms with E-state index in [0.717, 1.165) is 36.4 Å². The lowest BCUT2D eigenvalue weighted by molar-refractivity contribution is 0.629. The molecule has 0 saturated carbocycles. The number of nitrogens with zero attached hydrogens (tertiary/aromatic N) is 2. The molecule has 0 amide bonds. The van der Waals surface area contributed by atoms with E-state index in [0.29, 0.717) is 0 Å². The van der Waals surface area contributed by atoms with Crippen molar-refractivity contribution in [3.8, 4) is 0 Å². The first kappa shape index (κ1) is 11.9. The number of benzene rings is 1. The first-order chi connectivity index (χ1) is 7.83. The molecule has 0 fully saturated rings. The van der Waals surface area contributed by atoms with Crippen LogP contribution in [0.25, 0.3) is 10.9 Å². The predicted octanol–water partition coefficient (Wildman–Crippen LogP) is 2.20. The fourth-order valence-electron chi connectivity index (χ4n) is 2.02. The molecule has 0 saturated heterocycles. The molecule has 1 aliphatic heterocycles. The van der Waals surface area contributed by atoms with E-state index in [1.54, 1.807) is 12.1 Å². The zero-order valence-electron chi connectivity index (χ0n) is 9.19. The number of amidine groups is 1. The van der Waals surface area contributed by atoms with E-state index >= 15 is 0 Å². The van der Waals surface area contributed by atoms with Crippen LogP contribution < -0.4 is 5.32 Å². The van der Waals surface area contributed by atoms with Gasteiger partial charge in [-0.15, -0.1) is 12.4 Å². The number of aromatic nitrogens is 1. The van der Waals surface area contributed by atoms with E-state index in [9.17, 15) is 4.39 Å². The number of hydrogen-bond donors (Lipinski definition) is 1. The van der Waals surface area contributed by atoms with Crippen LogP contribution in [0.1, 0.15) is 0 Å². The summed E-state index contributed by atoms with van der Waals surface area (Å²) in [4.78, 5) is 4.35. The molecule has 1 aromatic carbocycles. The summed E-state index contributed by atoms with van der Waals surface area (Å²) in [7, 11) is 0. The minimum absolute atomic E-state index is 0. The maximum absolute atomic E-state index is 13.0. The molecule has 0 atom stereocenters. The molecule has 1 aliphatic rings. The van der Waals surface area contributed by atoms with Gasteiger partial charge in [-0.25, -0.2) is 4.39 Å². The summed E-state index contributed by atoms with van der Waals surface area (Å²) in [5.74, 6) is 0.809. The third-order valence-electron chi connectivity index (χ3n) is 2.80. The van der Waals surface area contributed by atoms with Crippen LogP contribution in [0.5, 0.6) is 0 Å². The minimum Gasteiger partial charge on any atom is -0.370 e. The lowest BCUT2D eigenvalue weighted by atomic mass is 10.2. The van der Waals surface area contributed by atoms with Crippen LogP contribution >= 0.6 is 12.4 Å². The summed E-state index contributed by atoms with van der Waals surface area (Å²) >= 11 is 0. The van der Waals surface area contributed by atoms with E-state index in [4.69, 9.17) is 0 Å². The molecule has 17 heavy (non-hydrogen) atoms. The topological polar surface area (TPSA) is 29.3 Å². The van der Waals surface area contributed by atoms with Gasteiger partial charge in [0.2, 0.25) is 0 Å². The van der Waals surface area contributed by atoms with Gasteiger partial charge >= 0.3 is 0 Å². The van der Waals surface area contributed by atoms with Gasteiger partial charge in [0.1, 0.15) is 11.7 Å². The molecule has 90 valence electrons. The van der Waals surface area contributed by atoms with Gasteiger partial charge in [0, 0.05) is 23.6 Å². The lowest BCUT2D eigenvalue weighted by Crippen LogP contribution is -2.23. The molecule has 0 unspecified atom stereocenters. The van der Waals surface area contributed by atoms with E-state index in [-0.39, 0.29) is 18.2 Å². The van der Waals surface area contributed by atoms with Gasteiger partial charge in [-0.3, -0.25) is 4.99 Å². The Morgan fingerprint density at radius 2 is 2.24 bits per heavy atom. The Bertz CT molecular complexity index is 562. The Balaban J connectivity index is 0.00000108. The van der Waals surface area contributed by atoms with Gasteiger partial charge in [0.05, 0.1) is 13.1 Å². The Labute approximate surface area is 105 Å². The third kappa shape index (κ3) is 2.26. The van der Waals surface area contributed by atoms with E-state index < -0.39 is 0 Å². The maximum atomic E-state index is 13.0. The number of halogens is 2. The van der Waals surface area contributed by atoms with Gasteiger partial charge < -0.3 is 9.88 Å². The van der Waals surface area contributed by atoms with Crippen LogP contribution in [0, 0.1) is 5.82 Å². The second-order valence-electron chi connectivity index (χ2n) is 3.90. The Kier molecular flexibility index (Phi) is 3.33. The highest BCUT2D eigenvalue weighted by atomic mass is 35.5. The summed E-state index contributed by atoms with van der Waals surface area (Å²) in [6.45, 7) is 2.50. The molecule has 3 rings (SSSR count). The number of nitrogens with one attached hydrogen (secondary N) is 1. The summed E-state index contributed by atoms with van der Waals surface area (Å²) in [6.07, 6.45) is 1.96. The van der Waals surface area contributed by atoms with Gasteiger partial charge in [0.25, 0.3) is 0 Å². The van der Waals surface area contributed by atoms with Crippen LogP contribution in [-0.4, -0.2) is 23.5 Å². The van der Waals surface area contributed by atoms with Crippen molar-refractivity contribution in [2.75, 3.05) is 13.1 Å². The molecule has 5 heteroatoms. The average molecular weight is 254 g/mol. The van der Waals surface area contributed by atoms with Gasteiger partial charge in [-0.05, 0) is 24.3 Å². The molecular weight excluding hydrogens is 241 g/mol. The molecular formula is C12H13ClFN3. The largest absolute Gasteiger partial charge is 0.370 e. The highest BCUT2D eigenvalue weighted by Gasteiger charge is 2.08. The minimum atomic E-state index is -0.193. The normalized spacial score (nSPS) is 14.3. The molecule has 3 nitrogen and oxygen atoms in total.